The van der Waals surface area contributed by atoms with Crippen LogP contribution in [-0.4, -0.2) is 23.3 Å². The molecule has 1 aromatic rings. The van der Waals surface area contributed by atoms with Crippen molar-refractivity contribution in [3.05, 3.63) is 29.8 Å². The van der Waals surface area contributed by atoms with Crippen LogP contribution in [0.15, 0.2) is 24.3 Å². The number of aliphatic hydroxyl groups is 1. The second kappa shape index (κ2) is 4.69. The van der Waals surface area contributed by atoms with Crippen LogP contribution in [0.3, 0.4) is 0 Å². The van der Waals surface area contributed by atoms with Gasteiger partial charge in [0, 0.05) is 12.2 Å². The minimum absolute atomic E-state index is 0.161. The number of benzene rings is 1. The highest BCUT2D eigenvalue weighted by Gasteiger charge is 2.37. The molecule has 1 aliphatic rings. The van der Waals surface area contributed by atoms with E-state index in [1.54, 1.807) is 0 Å². The van der Waals surface area contributed by atoms with Crippen LogP contribution in [0.2, 0.25) is 0 Å². The first-order chi connectivity index (χ1) is 8.05. The molecule has 1 aromatic carbocycles. The van der Waals surface area contributed by atoms with E-state index < -0.39 is 0 Å². The molecular weight excluding hydrogens is 210 g/mol. The van der Waals surface area contributed by atoms with E-state index in [0.717, 1.165) is 25.8 Å². The van der Waals surface area contributed by atoms with E-state index in [1.165, 1.54) is 11.3 Å². The summed E-state index contributed by atoms with van der Waals surface area (Å²) in [4.78, 5) is 2.33. The van der Waals surface area contributed by atoms with Gasteiger partial charge >= 0.3 is 0 Å². The van der Waals surface area contributed by atoms with Gasteiger partial charge in [0.05, 0.1) is 11.6 Å². The van der Waals surface area contributed by atoms with E-state index in [0.29, 0.717) is 0 Å². The predicted molar refractivity (Wildman–Crippen MR) is 72.5 cm³/mol. The zero-order valence-electron chi connectivity index (χ0n) is 11.1. The van der Waals surface area contributed by atoms with Crippen LogP contribution in [0.4, 0.5) is 5.69 Å². The predicted octanol–water partition coefficient (Wildman–Crippen LogP) is 2.99. The molecule has 0 bridgehead atoms. The molecule has 0 saturated carbocycles. The summed E-state index contributed by atoms with van der Waals surface area (Å²) < 4.78 is 0. The Morgan fingerprint density at radius 2 is 1.94 bits per heavy atom. The van der Waals surface area contributed by atoms with Gasteiger partial charge in [0.1, 0.15) is 0 Å². The highest BCUT2D eigenvalue weighted by Crippen LogP contribution is 2.32. The quantitative estimate of drug-likeness (QED) is 0.849. The molecule has 1 fully saturated rings. The summed E-state index contributed by atoms with van der Waals surface area (Å²) in [5, 5.41) is 10.1. The molecule has 0 amide bonds. The van der Waals surface area contributed by atoms with Crippen molar-refractivity contribution in [2.24, 2.45) is 0 Å². The van der Waals surface area contributed by atoms with E-state index in [-0.39, 0.29) is 11.6 Å². The topological polar surface area (TPSA) is 23.5 Å². The van der Waals surface area contributed by atoms with Crippen molar-refractivity contribution >= 4 is 5.69 Å². The van der Waals surface area contributed by atoms with Crippen molar-refractivity contribution in [2.45, 2.75) is 51.7 Å². The molecule has 2 rings (SSSR count). The Morgan fingerprint density at radius 1 is 1.29 bits per heavy atom. The van der Waals surface area contributed by atoms with Crippen LogP contribution < -0.4 is 4.90 Å². The van der Waals surface area contributed by atoms with Crippen molar-refractivity contribution in [1.82, 2.24) is 0 Å². The van der Waals surface area contributed by atoms with Crippen molar-refractivity contribution in [3.63, 3.8) is 0 Å². The van der Waals surface area contributed by atoms with Crippen molar-refractivity contribution in [1.29, 1.82) is 0 Å². The van der Waals surface area contributed by atoms with Gasteiger partial charge in [-0.15, -0.1) is 0 Å². The molecule has 1 heterocycles. The summed E-state index contributed by atoms with van der Waals surface area (Å²) in [5.74, 6) is 0. The van der Waals surface area contributed by atoms with Crippen molar-refractivity contribution < 1.29 is 5.11 Å². The maximum Gasteiger partial charge on any atom is 0.0767 e. The summed E-state index contributed by atoms with van der Waals surface area (Å²) in [7, 11) is 0. The monoisotopic (exact) mass is 233 g/mol. The van der Waals surface area contributed by atoms with Crippen LogP contribution in [0.5, 0.6) is 0 Å². The van der Waals surface area contributed by atoms with Crippen molar-refractivity contribution in [2.75, 3.05) is 11.4 Å². The van der Waals surface area contributed by atoms with E-state index in [1.807, 2.05) is 0 Å². The van der Waals surface area contributed by atoms with Crippen LogP contribution in [-0.2, 0) is 6.42 Å². The molecule has 94 valence electrons. The Balaban J connectivity index is 2.25. The van der Waals surface area contributed by atoms with E-state index in [4.69, 9.17) is 0 Å². The first-order valence-corrected chi connectivity index (χ1v) is 6.60. The zero-order valence-corrected chi connectivity index (χ0v) is 11.1. The van der Waals surface area contributed by atoms with Gasteiger partial charge in [-0.1, -0.05) is 19.1 Å². The lowest BCUT2D eigenvalue weighted by Crippen LogP contribution is -2.56. The molecule has 2 nitrogen and oxygen atoms in total. The molecule has 2 heteroatoms. The smallest absolute Gasteiger partial charge is 0.0767 e. The molecular formula is C15H23NO. The second-order valence-corrected chi connectivity index (χ2v) is 5.48. The Labute approximate surface area is 104 Å². The van der Waals surface area contributed by atoms with Crippen molar-refractivity contribution in [3.8, 4) is 0 Å². The molecule has 0 aromatic heterocycles. The minimum Gasteiger partial charge on any atom is -0.391 e. The Kier molecular flexibility index (Phi) is 3.43. The van der Waals surface area contributed by atoms with Gasteiger partial charge in [-0.05, 0) is 50.8 Å². The van der Waals surface area contributed by atoms with Gasteiger partial charge in [0.25, 0.3) is 0 Å². The number of aliphatic hydroxyl groups excluding tert-OH is 1. The summed E-state index contributed by atoms with van der Waals surface area (Å²) in [6.45, 7) is 7.47. The van der Waals surface area contributed by atoms with Gasteiger partial charge in [-0.3, -0.25) is 0 Å². The Bertz CT molecular complexity index is 369. The summed E-state index contributed by atoms with van der Waals surface area (Å²) in [6, 6.07) is 8.73. The zero-order chi connectivity index (χ0) is 12.5. The first kappa shape index (κ1) is 12.4. The number of nitrogens with zero attached hydrogens (tertiary/aromatic N) is 1. The van der Waals surface area contributed by atoms with Gasteiger partial charge in [0.15, 0.2) is 0 Å². The third-order valence-electron chi connectivity index (χ3n) is 4.03. The van der Waals surface area contributed by atoms with Crippen LogP contribution in [0.25, 0.3) is 0 Å². The summed E-state index contributed by atoms with van der Waals surface area (Å²) in [5.41, 5.74) is 2.43. The lowest BCUT2D eigenvalue weighted by Gasteiger charge is -2.47. The standard InChI is InChI=1S/C15H23NO/c1-4-12-7-9-13(10-8-12)16-11-5-6-14(17)15(16,2)3/h7-10,14,17H,4-6,11H2,1-3H3. The van der Waals surface area contributed by atoms with Gasteiger partial charge < -0.3 is 10.0 Å². The molecule has 0 spiro atoms. The molecule has 0 radical (unpaired) electrons. The van der Waals surface area contributed by atoms with E-state index >= 15 is 0 Å². The Hall–Kier alpha value is -1.02. The van der Waals surface area contributed by atoms with E-state index in [2.05, 4.69) is 49.9 Å². The number of anilines is 1. The molecule has 0 aliphatic carbocycles. The summed E-state index contributed by atoms with van der Waals surface area (Å²) >= 11 is 0. The Morgan fingerprint density at radius 3 is 2.53 bits per heavy atom. The molecule has 1 unspecified atom stereocenters. The number of rotatable bonds is 2. The van der Waals surface area contributed by atoms with Gasteiger partial charge in [-0.25, -0.2) is 0 Å². The van der Waals surface area contributed by atoms with Gasteiger partial charge in [0.2, 0.25) is 0 Å². The minimum atomic E-state index is -0.234. The molecule has 1 aliphatic heterocycles. The fourth-order valence-corrected chi connectivity index (χ4v) is 2.64. The van der Waals surface area contributed by atoms with Crippen LogP contribution in [0, 0.1) is 0 Å². The fraction of sp³-hybridized carbons (Fsp3) is 0.600. The highest BCUT2D eigenvalue weighted by molar-refractivity contribution is 5.50. The average Bonchev–Trinajstić information content (AvgIpc) is 2.33. The SMILES string of the molecule is CCc1ccc(N2CCCC(O)C2(C)C)cc1. The number of piperidine rings is 1. The average molecular weight is 233 g/mol. The number of hydrogen-bond donors (Lipinski definition) is 1. The molecule has 1 saturated heterocycles. The van der Waals surface area contributed by atoms with Crippen LogP contribution in [0.1, 0.15) is 39.2 Å². The van der Waals surface area contributed by atoms with Crippen LogP contribution >= 0.6 is 0 Å². The highest BCUT2D eigenvalue weighted by atomic mass is 16.3. The largest absolute Gasteiger partial charge is 0.391 e. The second-order valence-electron chi connectivity index (χ2n) is 5.48. The third kappa shape index (κ3) is 2.32. The fourth-order valence-electron chi connectivity index (χ4n) is 2.64. The summed E-state index contributed by atoms with van der Waals surface area (Å²) in [6.07, 6.45) is 2.82. The van der Waals surface area contributed by atoms with Gasteiger partial charge in [-0.2, -0.15) is 0 Å². The normalized spacial score (nSPS) is 23.8. The number of aryl methyl sites for hydroxylation is 1. The molecule has 17 heavy (non-hydrogen) atoms. The lowest BCUT2D eigenvalue weighted by atomic mass is 9.86. The third-order valence-corrected chi connectivity index (χ3v) is 4.03. The maximum absolute atomic E-state index is 10.1. The molecule has 1 N–H and O–H groups in total. The maximum atomic E-state index is 10.1. The number of hydrogen-bond acceptors (Lipinski definition) is 2. The molecule has 1 atom stereocenters. The van der Waals surface area contributed by atoms with E-state index in [9.17, 15) is 5.11 Å². The first-order valence-electron chi connectivity index (χ1n) is 6.60. The lowest BCUT2D eigenvalue weighted by molar-refractivity contribution is 0.0711.